The van der Waals surface area contributed by atoms with E-state index in [4.69, 9.17) is 9.47 Å². The molecule has 1 aliphatic heterocycles. The molecule has 0 spiro atoms. The minimum Gasteiger partial charge on any atom is -0.494 e. The predicted molar refractivity (Wildman–Crippen MR) is 143 cm³/mol. The molecule has 0 radical (unpaired) electrons. The highest BCUT2D eigenvalue weighted by Crippen LogP contribution is 2.26. The van der Waals surface area contributed by atoms with Crippen molar-refractivity contribution in [3.8, 4) is 5.75 Å². The fourth-order valence-electron chi connectivity index (χ4n) is 4.82. The Kier molecular flexibility index (Phi) is 8.78. The van der Waals surface area contributed by atoms with Gasteiger partial charge in [-0.15, -0.1) is 0 Å². The summed E-state index contributed by atoms with van der Waals surface area (Å²) in [6.07, 6.45) is 1.67. The van der Waals surface area contributed by atoms with Gasteiger partial charge < -0.3 is 24.3 Å². The third kappa shape index (κ3) is 6.40. The number of rotatable bonds is 9. The van der Waals surface area contributed by atoms with Gasteiger partial charge in [-0.3, -0.25) is 14.4 Å². The summed E-state index contributed by atoms with van der Waals surface area (Å²) in [6, 6.07) is 17.5. The molecular formula is C29H33N3O6. The second-order valence-electron chi connectivity index (χ2n) is 9.29. The molecule has 2 amide bonds. The number of piperidine rings is 1. The van der Waals surface area contributed by atoms with Crippen molar-refractivity contribution in [2.45, 2.75) is 45.2 Å². The van der Waals surface area contributed by atoms with E-state index in [-0.39, 0.29) is 43.1 Å². The summed E-state index contributed by atoms with van der Waals surface area (Å²) in [5, 5.41) is 3.60. The fourth-order valence-corrected chi connectivity index (χ4v) is 4.82. The van der Waals surface area contributed by atoms with Gasteiger partial charge in [0.1, 0.15) is 11.8 Å². The van der Waals surface area contributed by atoms with E-state index in [0.29, 0.717) is 37.2 Å². The number of carbonyl (C=O) groups is 3. The van der Waals surface area contributed by atoms with Gasteiger partial charge in [-0.1, -0.05) is 18.2 Å². The Morgan fingerprint density at radius 3 is 2.39 bits per heavy atom. The van der Waals surface area contributed by atoms with E-state index >= 15 is 0 Å². The first-order valence-electron chi connectivity index (χ1n) is 12.9. The van der Waals surface area contributed by atoms with Crippen LogP contribution in [0.4, 0.5) is 0 Å². The smallest absolute Gasteiger partial charge is 0.328 e. The number of benzene rings is 2. The monoisotopic (exact) mass is 519 g/mol. The maximum Gasteiger partial charge on any atom is 0.328 e. The lowest BCUT2D eigenvalue weighted by Crippen LogP contribution is -2.41. The second kappa shape index (κ2) is 12.4. The highest BCUT2D eigenvalue weighted by atomic mass is 16.5. The summed E-state index contributed by atoms with van der Waals surface area (Å²) in [5.41, 5.74) is 1.46. The van der Waals surface area contributed by atoms with Crippen molar-refractivity contribution in [1.82, 2.24) is 14.8 Å². The molecule has 4 rings (SSSR count). The Labute approximate surface area is 221 Å². The number of pyridine rings is 1. The van der Waals surface area contributed by atoms with Gasteiger partial charge >= 0.3 is 5.97 Å². The number of nitrogens with one attached hydrogen (secondary N) is 1. The molecule has 2 heterocycles. The van der Waals surface area contributed by atoms with Crippen molar-refractivity contribution >= 4 is 28.7 Å². The van der Waals surface area contributed by atoms with Crippen molar-refractivity contribution in [2.75, 3.05) is 26.3 Å². The van der Waals surface area contributed by atoms with E-state index in [9.17, 15) is 19.2 Å². The first-order valence-corrected chi connectivity index (χ1v) is 12.9. The van der Waals surface area contributed by atoms with Crippen LogP contribution < -0.4 is 15.6 Å². The molecule has 9 heteroatoms. The van der Waals surface area contributed by atoms with Crippen LogP contribution in [0.5, 0.6) is 5.75 Å². The quantitative estimate of drug-likeness (QED) is 0.435. The van der Waals surface area contributed by atoms with E-state index in [1.165, 1.54) is 6.92 Å². The maximum atomic E-state index is 13.1. The molecule has 3 aromatic rings. The van der Waals surface area contributed by atoms with Crippen molar-refractivity contribution in [1.29, 1.82) is 0 Å². The number of esters is 1. The number of nitrogens with zero attached hydrogens (tertiary/aromatic N) is 2. The average Bonchev–Trinajstić information content (AvgIpc) is 2.92. The zero-order valence-electron chi connectivity index (χ0n) is 21.7. The Bertz CT molecular complexity index is 1340. The first kappa shape index (κ1) is 26.9. The molecule has 1 unspecified atom stereocenters. The van der Waals surface area contributed by atoms with Crippen LogP contribution in [0, 0.1) is 0 Å². The molecule has 0 aliphatic carbocycles. The number of fused-ring (bicyclic) bond motifs is 1. The summed E-state index contributed by atoms with van der Waals surface area (Å²) in [7, 11) is 0. The third-order valence-electron chi connectivity index (χ3n) is 6.68. The highest BCUT2D eigenvalue weighted by molar-refractivity contribution is 5.94. The molecule has 1 N–H and O–H groups in total. The molecular weight excluding hydrogens is 486 g/mol. The van der Waals surface area contributed by atoms with Gasteiger partial charge in [0.05, 0.1) is 18.7 Å². The van der Waals surface area contributed by atoms with Gasteiger partial charge in [0, 0.05) is 44.1 Å². The largest absolute Gasteiger partial charge is 0.494 e. The second-order valence-corrected chi connectivity index (χ2v) is 9.29. The lowest BCUT2D eigenvalue weighted by molar-refractivity contribution is -0.147. The summed E-state index contributed by atoms with van der Waals surface area (Å²) in [6.45, 7) is 4.60. The van der Waals surface area contributed by atoms with Crippen molar-refractivity contribution in [3.63, 3.8) is 0 Å². The highest BCUT2D eigenvalue weighted by Gasteiger charge is 2.26. The van der Waals surface area contributed by atoms with Crippen LogP contribution in [0.1, 0.15) is 49.5 Å². The molecule has 200 valence electrons. The molecule has 1 aromatic heterocycles. The minimum absolute atomic E-state index is 0.0188. The number of amides is 2. The molecule has 2 aromatic carbocycles. The third-order valence-corrected chi connectivity index (χ3v) is 6.68. The normalized spacial score (nSPS) is 14.6. The van der Waals surface area contributed by atoms with Crippen LogP contribution in [0.3, 0.4) is 0 Å². The van der Waals surface area contributed by atoms with Crippen molar-refractivity contribution < 1.29 is 23.9 Å². The summed E-state index contributed by atoms with van der Waals surface area (Å²) in [5.74, 6) is -0.324. The van der Waals surface area contributed by atoms with Gasteiger partial charge in [0.25, 0.3) is 11.5 Å². The van der Waals surface area contributed by atoms with Gasteiger partial charge in [0.15, 0.2) is 0 Å². The lowest BCUT2D eigenvalue weighted by atomic mass is 10.0. The number of carbonyl (C=O) groups excluding carboxylic acids is 3. The zero-order chi connectivity index (χ0) is 27.1. The Balaban J connectivity index is 1.31. The first-order chi connectivity index (χ1) is 18.4. The van der Waals surface area contributed by atoms with Crippen LogP contribution in [0.15, 0.2) is 65.5 Å². The SMILES string of the molecule is CCOC(=O)C(CCOc1ccc(C(=O)N2CCC(n3c(=O)ccc4ccccc43)CC2)cc1)NC(C)=O. The van der Waals surface area contributed by atoms with Crippen molar-refractivity contribution in [2.24, 2.45) is 0 Å². The molecule has 1 aliphatic rings. The van der Waals surface area contributed by atoms with E-state index in [2.05, 4.69) is 5.32 Å². The van der Waals surface area contributed by atoms with Crippen LogP contribution in [-0.2, 0) is 14.3 Å². The number of hydrogen-bond acceptors (Lipinski definition) is 6. The molecule has 0 saturated carbocycles. The molecule has 1 fully saturated rings. The van der Waals surface area contributed by atoms with E-state index in [1.54, 1.807) is 37.3 Å². The molecule has 1 saturated heterocycles. The number of para-hydroxylation sites is 1. The number of aromatic nitrogens is 1. The van der Waals surface area contributed by atoms with E-state index < -0.39 is 12.0 Å². The molecule has 9 nitrogen and oxygen atoms in total. The van der Waals surface area contributed by atoms with Gasteiger partial charge in [0.2, 0.25) is 5.91 Å². The average molecular weight is 520 g/mol. The molecule has 1 atom stereocenters. The summed E-state index contributed by atoms with van der Waals surface area (Å²) < 4.78 is 12.6. The lowest BCUT2D eigenvalue weighted by Gasteiger charge is -2.33. The molecule has 0 bridgehead atoms. The fraction of sp³-hybridized carbons (Fsp3) is 0.379. The van der Waals surface area contributed by atoms with Gasteiger partial charge in [-0.2, -0.15) is 0 Å². The minimum atomic E-state index is -0.777. The topological polar surface area (TPSA) is 107 Å². The maximum absolute atomic E-state index is 13.1. The Morgan fingerprint density at radius 1 is 1.00 bits per heavy atom. The van der Waals surface area contributed by atoms with Gasteiger partial charge in [-0.25, -0.2) is 4.79 Å². The number of hydrogen-bond donors (Lipinski definition) is 1. The van der Waals surface area contributed by atoms with Crippen LogP contribution in [0.25, 0.3) is 10.9 Å². The van der Waals surface area contributed by atoms with Crippen LogP contribution in [0.2, 0.25) is 0 Å². The number of ether oxygens (including phenoxy) is 2. The Morgan fingerprint density at radius 2 is 1.71 bits per heavy atom. The van der Waals surface area contributed by atoms with E-state index in [0.717, 1.165) is 10.9 Å². The van der Waals surface area contributed by atoms with Gasteiger partial charge in [-0.05, 0) is 61.5 Å². The number of likely N-dealkylation sites (tertiary alicyclic amines) is 1. The standard InChI is InChI=1S/C29H33N3O6/c1-3-37-29(36)25(30-20(2)33)16-19-38-24-11-8-22(9-12-24)28(35)31-17-14-23(15-18-31)32-26-7-5-4-6-21(26)10-13-27(32)34/h4-13,23,25H,3,14-19H2,1-2H3,(H,30,33). The summed E-state index contributed by atoms with van der Waals surface area (Å²) >= 11 is 0. The van der Waals surface area contributed by atoms with E-state index in [1.807, 2.05) is 39.8 Å². The zero-order valence-corrected chi connectivity index (χ0v) is 21.7. The molecule has 38 heavy (non-hydrogen) atoms. The summed E-state index contributed by atoms with van der Waals surface area (Å²) in [4.78, 5) is 51.0. The predicted octanol–water partition coefficient (Wildman–Crippen LogP) is 3.32. The Hall–Kier alpha value is -4.14. The van der Waals surface area contributed by atoms with Crippen LogP contribution in [-0.4, -0.2) is 59.6 Å². The van der Waals surface area contributed by atoms with Crippen LogP contribution >= 0.6 is 0 Å². The van der Waals surface area contributed by atoms with Crippen molar-refractivity contribution in [3.05, 3.63) is 76.6 Å².